The van der Waals surface area contributed by atoms with Gasteiger partial charge in [0, 0.05) is 30.9 Å². The number of rotatable bonds is 4. The lowest BCUT2D eigenvalue weighted by Gasteiger charge is -2.33. The maximum Gasteiger partial charge on any atom is 0.400 e. The summed E-state index contributed by atoms with van der Waals surface area (Å²) in [4.78, 5) is 25.1. The Kier molecular flexibility index (Phi) is 8.08. The van der Waals surface area contributed by atoms with Crippen LogP contribution in [0.4, 0.5) is 23.2 Å². The number of hydrogen-bond acceptors (Lipinski definition) is 4. The quantitative estimate of drug-likeness (QED) is 0.199. The van der Waals surface area contributed by atoms with Crippen LogP contribution in [0.5, 0.6) is 0 Å². The molecule has 1 atom stereocenters. The summed E-state index contributed by atoms with van der Waals surface area (Å²) < 4.78 is 62.7. The van der Waals surface area contributed by atoms with E-state index in [9.17, 15) is 27.2 Å². The number of halogens is 7. The van der Waals surface area contributed by atoms with Crippen molar-refractivity contribution in [3.63, 3.8) is 0 Å². The van der Waals surface area contributed by atoms with Crippen LogP contribution in [-0.4, -0.2) is 36.7 Å². The number of hydrogen-bond donors (Lipinski definition) is 1. The summed E-state index contributed by atoms with van der Waals surface area (Å²) in [7, 11) is 0. The van der Waals surface area contributed by atoms with E-state index in [-0.39, 0.29) is 51.4 Å². The maximum absolute atomic E-state index is 14.8. The highest BCUT2D eigenvalue weighted by Crippen LogP contribution is 2.50. The van der Waals surface area contributed by atoms with E-state index in [1.165, 1.54) is 17.0 Å². The smallest absolute Gasteiger partial charge is 0.400 e. The van der Waals surface area contributed by atoms with Gasteiger partial charge in [-0.15, -0.1) is 0 Å². The zero-order valence-electron chi connectivity index (χ0n) is 19.5. The first-order valence-electron chi connectivity index (χ1n) is 10.8. The monoisotopic (exact) mass is 568 g/mol. The number of carbonyl (C=O) groups is 2. The minimum absolute atomic E-state index is 0.00839. The Labute approximate surface area is 220 Å². The molecule has 3 rings (SSSR count). The molecule has 1 aliphatic rings. The standard InChI is InChI=1S/C24H23Cl3F4N2O3/c1-22(2,3)36-21(35)20(34)32-11-13-4-5-15(10-18(13)28)33-7-6-23(12-33,24(29,30)31)14-8-16(25)19(27)17(26)9-14/h4-5,8-10H,6-7,11-12H2,1-3H3,(H,32,34)/t23-/m1/s1. The Bertz CT molecular complexity index is 1160. The molecule has 1 amide bonds. The molecular weight excluding hydrogens is 547 g/mol. The van der Waals surface area contributed by atoms with Crippen LogP contribution >= 0.6 is 34.8 Å². The lowest BCUT2D eigenvalue weighted by atomic mass is 9.79. The molecule has 0 aliphatic carbocycles. The first-order valence-corrected chi connectivity index (χ1v) is 11.9. The summed E-state index contributed by atoms with van der Waals surface area (Å²) in [5.74, 6) is -2.90. The molecule has 0 unspecified atom stereocenters. The number of carbonyl (C=O) groups excluding carboxylic acids is 2. The Hall–Kier alpha value is -2.23. The number of ether oxygens (including phenoxy) is 1. The first-order chi connectivity index (χ1) is 16.5. The summed E-state index contributed by atoms with van der Waals surface area (Å²) in [6, 6.07) is 6.19. The predicted molar refractivity (Wildman–Crippen MR) is 130 cm³/mol. The zero-order valence-corrected chi connectivity index (χ0v) is 21.8. The molecular formula is C24H23Cl3F4N2O3. The van der Waals surface area contributed by atoms with Gasteiger partial charge in [0.25, 0.3) is 0 Å². The van der Waals surface area contributed by atoms with Crippen molar-refractivity contribution in [2.75, 3.05) is 18.0 Å². The molecule has 1 heterocycles. The van der Waals surface area contributed by atoms with Crippen molar-refractivity contribution in [2.45, 2.75) is 50.9 Å². The van der Waals surface area contributed by atoms with Crippen LogP contribution in [0.3, 0.4) is 0 Å². The molecule has 1 N–H and O–H groups in total. The highest BCUT2D eigenvalue weighted by molar-refractivity contribution is 6.48. The van der Waals surface area contributed by atoms with Crippen molar-refractivity contribution < 1.29 is 31.9 Å². The summed E-state index contributed by atoms with van der Waals surface area (Å²) >= 11 is 17.9. The second-order valence-electron chi connectivity index (χ2n) is 9.47. The third kappa shape index (κ3) is 6.01. The van der Waals surface area contributed by atoms with E-state index in [0.717, 1.165) is 18.2 Å². The van der Waals surface area contributed by atoms with Crippen molar-refractivity contribution in [1.82, 2.24) is 5.32 Å². The number of amides is 1. The number of alkyl halides is 3. The summed E-state index contributed by atoms with van der Waals surface area (Å²) in [6.45, 7) is 3.98. The summed E-state index contributed by atoms with van der Waals surface area (Å²) in [5.41, 5.74) is -3.01. The molecule has 2 aromatic rings. The summed E-state index contributed by atoms with van der Waals surface area (Å²) in [6.07, 6.45) is -4.95. The minimum Gasteiger partial charge on any atom is -0.453 e. The number of nitrogens with one attached hydrogen (secondary N) is 1. The van der Waals surface area contributed by atoms with Gasteiger partial charge in [-0.1, -0.05) is 40.9 Å². The molecule has 1 saturated heterocycles. The van der Waals surface area contributed by atoms with Crippen LogP contribution in [0.15, 0.2) is 30.3 Å². The lowest BCUT2D eigenvalue weighted by Crippen LogP contribution is -2.45. The Morgan fingerprint density at radius 2 is 1.69 bits per heavy atom. The van der Waals surface area contributed by atoms with Gasteiger partial charge in [-0.3, -0.25) is 4.79 Å². The van der Waals surface area contributed by atoms with E-state index in [4.69, 9.17) is 39.5 Å². The second kappa shape index (κ2) is 10.3. The molecule has 0 saturated carbocycles. The third-order valence-electron chi connectivity index (χ3n) is 5.77. The molecule has 0 aromatic heterocycles. The van der Waals surface area contributed by atoms with E-state index in [1.54, 1.807) is 20.8 Å². The molecule has 12 heteroatoms. The van der Waals surface area contributed by atoms with Crippen molar-refractivity contribution in [2.24, 2.45) is 0 Å². The number of nitrogens with zero attached hydrogens (tertiary/aromatic N) is 1. The average Bonchev–Trinajstić information content (AvgIpc) is 3.22. The SMILES string of the molecule is CC(C)(C)OC(=O)C(=O)NCc1ccc(N2CC[C@@](c3cc(Cl)c(Cl)c(Cl)c3)(C(F)(F)F)C2)cc1F. The van der Waals surface area contributed by atoms with Gasteiger partial charge in [0.15, 0.2) is 0 Å². The molecule has 196 valence electrons. The van der Waals surface area contributed by atoms with E-state index < -0.39 is 41.4 Å². The topological polar surface area (TPSA) is 58.6 Å². The average molecular weight is 570 g/mol. The van der Waals surface area contributed by atoms with Gasteiger partial charge in [0.1, 0.15) is 16.8 Å². The molecule has 36 heavy (non-hydrogen) atoms. The fraction of sp³-hybridized carbons (Fsp3) is 0.417. The lowest BCUT2D eigenvalue weighted by molar-refractivity contribution is -0.184. The zero-order chi connectivity index (χ0) is 27.1. The van der Waals surface area contributed by atoms with E-state index in [0.29, 0.717) is 0 Å². The van der Waals surface area contributed by atoms with E-state index in [1.807, 2.05) is 0 Å². The van der Waals surface area contributed by atoms with Crippen molar-refractivity contribution in [1.29, 1.82) is 0 Å². The van der Waals surface area contributed by atoms with Gasteiger partial charge < -0.3 is 15.0 Å². The first kappa shape index (κ1) is 28.3. The predicted octanol–water partition coefficient (Wildman–Crippen LogP) is 6.45. The van der Waals surface area contributed by atoms with Gasteiger partial charge in [-0.2, -0.15) is 13.2 Å². The van der Waals surface area contributed by atoms with Crippen LogP contribution in [-0.2, 0) is 26.3 Å². The van der Waals surface area contributed by atoms with Crippen LogP contribution in [0.1, 0.15) is 38.3 Å². The largest absolute Gasteiger partial charge is 0.453 e. The van der Waals surface area contributed by atoms with E-state index in [2.05, 4.69) is 5.32 Å². The molecule has 0 spiro atoms. The van der Waals surface area contributed by atoms with Gasteiger partial charge in [-0.25, -0.2) is 9.18 Å². The minimum atomic E-state index is -4.65. The Morgan fingerprint density at radius 1 is 1.08 bits per heavy atom. The molecule has 2 aromatic carbocycles. The van der Waals surface area contributed by atoms with Gasteiger partial charge in [0.2, 0.25) is 0 Å². The van der Waals surface area contributed by atoms with Gasteiger partial charge >= 0.3 is 18.1 Å². The van der Waals surface area contributed by atoms with Crippen molar-refractivity contribution in [3.05, 3.63) is 62.3 Å². The van der Waals surface area contributed by atoms with Gasteiger partial charge in [-0.05, 0) is 57.0 Å². The van der Waals surface area contributed by atoms with Crippen LogP contribution in [0, 0.1) is 5.82 Å². The molecule has 0 bridgehead atoms. The number of anilines is 1. The fourth-order valence-corrected chi connectivity index (χ4v) is 4.54. The van der Waals surface area contributed by atoms with Gasteiger partial charge in [0.05, 0.1) is 15.1 Å². The molecule has 1 fully saturated rings. The summed E-state index contributed by atoms with van der Waals surface area (Å²) in [5, 5.41) is 2.05. The van der Waals surface area contributed by atoms with Crippen LogP contribution < -0.4 is 10.2 Å². The Balaban J connectivity index is 1.78. The molecule has 1 aliphatic heterocycles. The normalized spacial score (nSPS) is 18.3. The molecule has 5 nitrogen and oxygen atoms in total. The maximum atomic E-state index is 14.8. The van der Waals surface area contributed by atoms with E-state index >= 15 is 0 Å². The fourth-order valence-electron chi connectivity index (χ4n) is 3.94. The second-order valence-corrected chi connectivity index (χ2v) is 10.7. The highest BCUT2D eigenvalue weighted by Gasteiger charge is 2.59. The van der Waals surface area contributed by atoms with Crippen molar-refractivity contribution in [3.8, 4) is 0 Å². The number of benzene rings is 2. The number of esters is 1. The Morgan fingerprint density at radius 3 is 2.22 bits per heavy atom. The van der Waals surface area contributed by atoms with Crippen LogP contribution in [0.25, 0.3) is 0 Å². The third-order valence-corrected chi connectivity index (χ3v) is 6.97. The van der Waals surface area contributed by atoms with Crippen molar-refractivity contribution >= 4 is 52.4 Å². The highest BCUT2D eigenvalue weighted by atomic mass is 35.5. The van der Waals surface area contributed by atoms with Crippen LogP contribution in [0.2, 0.25) is 15.1 Å². The molecule has 0 radical (unpaired) electrons.